The fourth-order valence-electron chi connectivity index (χ4n) is 1.98. The smallest absolute Gasteiger partial charge is 0.123 e. The van der Waals surface area contributed by atoms with Crippen LogP contribution in [0.15, 0.2) is 30.5 Å². The number of ether oxygens (including phenoxy) is 1. The van der Waals surface area contributed by atoms with E-state index in [4.69, 9.17) is 4.74 Å². The van der Waals surface area contributed by atoms with Crippen LogP contribution in [-0.2, 0) is 13.6 Å². The minimum atomic E-state index is -0.632. The van der Waals surface area contributed by atoms with Crippen molar-refractivity contribution in [1.82, 2.24) is 15.1 Å². The highest BCUT2D eigenvalue weighted by Crippen LogP contribution is 2.11. The molecule has 1 aromatic carbocycles. The zero-order valence-electron chi connectivity index (χ0n) is 12.2. The Bertz CT molecular complexity index is 569. The Morgan fingerprint density at radius 3 is 2.71 bits per heavy atom. The molecule has 0 saturated carbocycles. The van der Waals surface area contributed by atoms with Gasteiger partial charge in [-0.1, -0.05) is 0 Å². The van der Waals surface area contributed by atoms with Crippen LogP contribution in [0, 0.1) is 12.7 Å². The van der Waals surface area contributed by atoms with Gasteiger partial charge in [0.2, 0.25) is 0 Å². The normalized spacial score (nSPS) is 12.4. The van der Waals surface area contributed by atoms with Crippen molar-refractivity contribution in [2.24, 2.45) is 7.05 Å². The molecule has 5 nitrogen and oxygen atoms in total. The highest BCUT2D eigenvalue weighted by Gasteiger charge is 2.07. The van der Waals surface area contributed by atoms with Crippen LogP contribution in [0.5, 0.6) is 5.75 Å². The first kappa shape index (κ1) is 15.5. The highest BCUT2D eigenvalue weighted by molar-refractivity contribution is 5.22. The zero-order chi connectivity index (χ0) is 15.2. The third-order valence-electron chi connectivity index (χ3n) is 3.07. The molecule has 114 valence electrons. The van der Waals surface area contributed by atoms with Crippen LogP contribution >= 0.6 is 0 Å². The molecule has 1 unspecified atom stereocenters. The van der Waals surface area contributed by atoms with Crippen LogP contribution in [0.4, 0.5) is 4.39 Å². The molecule has 21 heavy (non-hydrogen) atoms. The minimum Gasteiger partial charge on any atom is -0.491 e. The summed E-state index contributed by atoms with van der Waals surface area (Å²) in [7, 11) is 1.88. The molecule has 0 radical (unpaired) electrons. The number of aliphatic hydroxyl groups is 1. The van der Waals surface area contributed by atoms with Gasteiger partial charge in [-0.2, -0.15) is 5.10 Å². The molecule has 1 atom stereocenters. The number of halogens is 1. The number of hydrogen-bond donors (Lipinski definition) is 2. The molecule has 1 heterocycles. The number of rotatable bonds is 7. The van der Waals surface area contributed by atoms with Crippen LogP contribution in [0.2, 0.25) is 0 Å². The van der Waals surface area contributed by atoms with Gasteiger partial charge in [0, 0.05) is 31.9 Å². The summed E-state index contributed by atoms with van der Waals surface area (Å²) in [6.45, 7) is 3.17. The van der Waals surface area contributed by atoms with Gasteiger partial charge in [0.15, 0.2) is 0 Å². The summed E-state index contributed by atoms with van der Waals surface area (Å²) in [4.78, 5) is 0. The third-order valence-corrected chi connectivity index (χ3v) is 3.07. The Morgan fingerprint density at radius 1 is 1.38 bits per heavy atom. The molecular weight excluding hydrogens is 273 g/mol. The lowest BCUT2D eigenvalue weighted by molar-refractivity contribution is 0.106. The Balaban J connectivity index is 1.69. The second-order valence-corrected chi connectivity index (χ2v) is 4.96. The van der Waals surface area contributed by atoms with Crippen molar-refractivity contribution in [2.45, 2.75) is 19.6 Å². The Kier molecular flexibility index (Phi) is 5.30. The highest BCUT2D eigenvalue weighted by atomic mass is 19.1. The van der Waals surface area contributed by atoms with Crippen molar-refractivity contribution in [1.29, 1.82) is 0 Å². The molecule has 0 saturated heterocycles. The first-order valence-electron chi connectivity index (χ1n) is 6.81. The Hall–Kier alpha value is -1.92. The van der Waals surface area contributed by atoms with Crippen molar-refractivity contribution in [3.05, 3.63) is 47.5 Å². The molecule has 0 bridgehead atoms. The zero-order valence-corrected chi connectivity index (χ0v) is 12.2. The molecule has 6 heteroatoms. The number of nitrogens with one attached hydrogen (secondary N) is 1. The first-order valence-corrected chi connectivity index (χ1v) is 6.81. The van der Waals surface area contributed by atoms with Gasteiger partial charge >= 0.3 is 0 Å². The Morgan fingerprint density at radius 2 is 2.10 bits per heavy atom. The third kappa shape index (κ3) is 4.84. The van der Waals surface area contributed by atoms with E-state index in [1.54, 1.807) is 4.68 Å². The summed E-state index contributed by atoms with van der Waals surface area (Å²) < 4.78 is 19.9. The summed E-state index contributed by atoms with van der Waals surface area (Å²) in [6.07, 6.45) is 1.32. The van der Waals surface area contributed by atoms with E-state index in [1.165, 1.54) is 24.3 Å². The maximum atomic E-state index is 12.7. The van der Waals surface area contributed by atoms with Crippen molar-refractivity contribution in [3.63, 3.8) is 0 Å². The van der Waals surface area contributed by atoms with Gasteiger partial charge in [-0.15, -0.1) is 0 Å². The summed E-state index contributed by atoms with van der Waals surface area (Å²) in [5.41, 5.74) is 2.08. The van der Waals surface area contributed by atoms with Crippen LogP contribution in [-0.4, -0.2) is 34.1 Å². The quantitative estimate of drug-likeness (QED) is 0.810. The van der Waals surface area contributed by atoms with Gasteiger partial charge in [-0.05, 0) is 31.2 Å². The molecule has 0 fully saturated rings. The maximum Gasteiger partial charge on any atom is 0.123 e. The predicted molar refractivity (Wildman–Crippen MR) is 77.6 cm³/mol. The summed E-state index contributed by atoms with van der Waals surface area (Å²) in [5.74, 6) is 0.231. The fourth-order valence-corrected chi connectivity index (χ4v) is 1.98. The standard InChI is InChI=1S/C15H20FN3O2/c1-11-12(9-19(2)18-11)7-17-8-14(20)10-21-15-5-3-13(16)4-6-15/h3-6,9,14,17,20H,7-8,10H2,1-2H3. The van der Waals surface area contributed by atoms with E-state index in [0.717, 1.165) is 11.3 Å². The number of aliphatic hydroxyl groups excluding tert-OH is 1. The lowest BCUT2D eigenvalue weighted by atomic mass is 10.2. The lowest BCUT2D eigenvalue weighted by Gasteiger charge is -2.13. The number of hydrogen-bond acceptors (Lipinski definition) is 4. The lowest BCUT2D eigenvalue weighted by Crippen LogP contribution is -2.31. The van der Waals surface area contributed by atoms with Gasteiger partial charge < -0.3 is 15.2 Å². The SMILES string of the molecule is Cc1nn(C)cc1CNCC(O)COc1ccc(F)cc1. The number of benzene rings is 1. The van der Waals surface area contributed by atoms with Crippen molar-refractivity contribution >= 4 is 0 Å². The number of nitrogens with zero attached hydrogens (tertiary/aromatic N) is 2. The molecule has 0 amide bonds. The van der Waals surface area contributed by atoms with Gasteiger partial charge in [0.1, 0.15) is 24.3 Å². The van der Waals surface area contributed by atoms with Crippen molar-refractivity contribution in [3.8, 4) is 5.75 Å². The van der Waals surface area contributed by atoms with Crippen LogP contribution in [0.3, 0.4) is 0 Å². The van der Waals surface area contributed by atoms with E-state index >= 15 is 0 Å². The monoisotopic (exact) mass is 293 g/mol. The number of aryl methyl sites for hydroxylation is 2. The average Bonchev–Trinajstić information content (AvgIpc) is 2.76. The van der Waals surface area contributed by atoms with Crippen molar-refractivity contribution in [2.75, 3.05) is 13.2 Å². The van der Waals surface area contributed by atoms with Crippen LogP contribution in [0.25, 0.3) is 0 Å². The van der Waals surface area contributed by atoms with Gasteiger partial charge in [-0.25, -0.2) is 4.39 Å². The van der Waals surface area contributed by atoms with E-state index in [9.17, 15) is 9.50 Å². The van der Waals surface area contributed by atoms with Crippen molar-refractivity contribution < 1.29 is 14.2 Å². The molecule has 0 spiro atoms. The predicted octanol–water partition coefficient (Wildman–Crippen LogP) is 1.40. The maximum absolute atomic E-state index is 12.7. The molecule has 1 aromatic heterocycles. The van der Waals surface area contributed by atoms with E-state index < -0.39 is 6.10 Å². The van der Waals surface area contributed by atoms with Crippen LogP contribution in [0.1, 0.15) is 11.3 Å². The van der Waals surface area contributed by atoms with E-state index in [0.29, 0.717) is 18.8 Å². The minimum absolute atomic E-state index is 0.157. The molecule has 0 aliphatic carbocycles. The van der Waals surface area contributed by atoms with E-state index in [-0.39, 0.29) is 12.4 Å². The average molecular weight is 293 g/mol. The topological polar surface area (TPSA) is 59.3 Å². The van der Waals surface area contributed by atoms with E-state index in [2.05, 4.69) is 10.4 Å². The summed E-state index contributed by atoms with van der Waals surface area (Å²) in [6, 6.07) is 5.72. The molecule has 2 N–H and O–H groups in total. The molecular formula is C15H20FN3O2. The summed E-state index contributed by atoms with van der Waals surface area (Å²) >= 11 is 0. The molecule has 0 aliphatic rings. The first-order chi connectivity index (χ1) is 10.0. The second kappa shape index (κ2) is 7.19. The fraction of sp³-hybridized carbons (Fsp3) is 0.400. The Labute approximate surface area is 123 Å². The number of aromatic nitrogens is 2. The van der Waals surface area contributed by atoms with Gasteiger partial charge in [-0.3, -0.25) is 4.68 Å². The second-order valence-electron chi connectivity index (χ2n) is 4.96. The largest absolute Gasteiger partial charge is 0.491 e. The summed E-state index contributed by atoms with van der Waals surface area (Å²) in [5, 5.41) is 17.2. The molecule has 2 aromatic rings. The molecule has 2 rings (SSSR count). The molecule has 0 aliphatic heterocycles. The van der Waals surface area contributed by atoms with E-state index in [1.807, 2.05) is 20.2 Å². The van der Waals surface area contributed by atoms with Gasteiger partial charge in [0.05, 0.1) is 5.69 Å². The van der Waals surface area contributed by atoms with Crippen LogP contribution < -0.4 is 10.1 Å². The van der Waals surface area contributed by atoms with Gasteiger partial charge in [0.25, 0.3) is 0 Å².